The zero-order chi connectivity index (χ0) is 17.4. The van der Waals surface area contributed by atoms with Gasteiger partial charge in [0.2, 0.25) is 0 Å². The zero-order valence-electron chi connectivity index (χ0n) is 14.9. The van der Waals surface area contributed by atoms with E-state index in [0.717, 1.165) is 12.3 Å². The minimum atomic E-state index is -0.684. The smallest absolute Gasteiger partial charge is 0.306 e. The van der Waals surface area contributed by atoms with Crippen molar-refractivity contribution in [2.75, 3.05) is 6.54 Å². The predicted octanol–water partition coefficient (Wildman–Crippen LogP) is 3.33. The molecule has 0 saturated heterocycles. The van der Waals surface area contributed by atoms with Gasteiger partial charge in [0.15, 0.2) is 6.10 Å². The van der Waals surface area contributed by atoms with E-state index >= 15 is 0 Å². The lowest BCUT2D eigenvalue weighted by molar-refractivity contribution is -0.160. The molecule has 0 N–H and O–H groups in total. The van der Waals surface area contributed by atoms with Gasteiger partial charge in [0, 0.05) is 19.5 Å². The Kier molecular flexibility index (Phi) is 4.53. The highest BCUT2D eigenvalue weighted by Gasteiger charge is 2.40. The van der Waals surface area contributed by atoms with Crippen LogP contribution in [-0.2, 0) is 27.3 Å². The van der Waals surface area contributed by atoms with Crippen molar-refractivity contribution in [1.29, 1.82) is 0 Å². The molecule has 0 radical (unpaired) electrons. The lowest BCUT2D eigenvalue weighted by Crippen LogP contribution is -2.42. The first kappa shape index (κ1) is 16.6. The van der Waals surface area contributed by atoms with E-state index in [4.69, 9.17) is 4.74 Å². The maximum atomic E-state index is 12.7. The van der Waals surface area contributed by atoms with Crippen molar-refractivity contribution in [3.8, 4) is 0 Å². The molecule has 2 aliphatic carbocycles. The van der Waals surface area contributed by atoms with Crippen LogP contribution in [0.3, 0.4) is 0 Å². The maximum Gasteiger partial charge on any atom is 0.306 e. The molecular weight excluding hydrogens is 314 g/mol. The summed E-state index contributed by atoms with van der Waals surface area (Å²) in [5.41, 5.74) is 2.51. The van der Waals surface area contributed by atoms with Gasteiger partial charge in [-0.3, -0.25) is 9.59 Å². The second kappa shape index (κ2) is 6.81. The molecule has 0 aromatic heterocycles. The Hall–Kier alpha value is -1.84. The molecule has 4 nitrogen and oxygen atoms in total. The van der Waals surface area contributed by atoms with E-state index in [0.29, 0.717) is 31.3 Å². The van der Waals surface area contributed by atoms with Crippen LogP contribution in [0.25, 0.3) is 0 Å². The van der Waals surface area contributed by atoms with Gasteiger partial charge in [-0.2, -0.15) is 0 Å². The largest absolute Gasteiger partial charge is 0.453 e. The Morgan fingerprint density at radius 3 is 2.72 bits per heavy atom. The van der Waals surface area contributed by atoms with Crippen LogP contribution in [0.4, 0.5) is 0 Å². The number of ether oxygens (including phenoxy) is 1. The Morgan fingerprint density at radius 2 is 2.00 bits per heavy atom. The number of hydrogen-bond donors (Lipinski definition) is 0. The molecule has 134 valence electrons. The Labute approximate surface area is 149 Å². The van der Waals surface area contributed by atoms with Crippen molar-refractivity contribution in [3.05, 3.63) is 35.4 Å². The van der Waals surface area contributed by atoms with Crippen LogP contribution in [0.15, 0.2) is 24.3 Å². The highest BCUT2D eigenvalue weighted by molar-refractivity contribution is 5.83. The number of carbonyl (C=O) groups is 2. The summed E-state index contributed by atoms with van der Waals surface area (Å²) in [5, 5.41) is 0. The van der Waals surface area contributed by atoms with E-state index in [2.05, 4.69) is 12.1 Å². The molecule has 2 saturated carbocycles. The molecule has 1 aromatic carbocycles. The van der Waals surface area contributed by atoms with Gasteiger partial charge in [-0.15, -0.1) is 0 Å². The Morgan fingerprint density at radius 1 is 1.20 bits per heavy atom. The van der Waals surface area contributed by atoms with Gasteiger partial charge in [-0.25, -0.2) is 0 Å². The van der Waals surface area contributed by atoms with Crippen molar-refractivity contribution in [2.45, 2.75) is 58.1 Å². The van der Waals surface area contributed by atoms with E-state index in [9.17, 15) is 9.59 Å². The standard InChI is InChI=1S/C21H27NO3/c1-14(25-20(23)12-19-11-15-6-7-17(19)10-15)21(24)22-9-8-16-4-2-3-5-18(16)13-22/h2-5,14-15,17,19H,6-13H2,1H3. The second-order valence-electron chi connectivity index (χ2n) is 8.05. The number of carbonyl (C=O) groups excluding carboxylic acids is 2. The summed E-state index contributed by atoms with van der Waals surface area (Å²) in [4.78, 5) is 26.8. The van der Waals surface area contributed by atoms with Crippen LogP contribution in [0.5, 0.6) is 0 Å². The molecule has 2 bridgehead atoms. The minimum Gasteiger partial charge on any atom is -0.453 e. The van der Waals surface area contributed by atoms with Crippen LogP contribution in [0.2, 0.25) is 0 Å². The van der Waals surface area contributed by atoms with Crippen LogP contribution in [0.1, 0.15) is 50.2 Å². The molecule has 0 spiro atoms. The molecule has 4 heteroatoms. The number of fused-ring (bicyclic) bond motifs is 3. The number of nitrogens with zero attached hydrogens (tertiary/aromatic N) is 1. The normalized spacial score (nSPS) is 28.5. The third-order valence-electron chi connectivity index (χ3n) is 6.41. The summed E-state index contributed by atoms with van der Waals surface area (Å²) in [6, 6.07) is 8.23. The highest BCUT2D eigenvalue weighted by Crippen LogP contribution is 2.49. The molecular formula is C21H27NO3. The molecule has 1 aliphatic heterocycles. The fraction of sp³-hybridized carbons (Fsp3) is 0.619. The monoisotopic (exact) mass is 341 g/mol. The van der Waals surface area contributed by atoms with Gasteiger partial charge in [-0.1, -0.05) is 30.7 Å². The van der Waals surface area contributed by atoms with Gasteiger partial charge in [0.05, 0.1) is 0 Å². The lowest BCUT2D eigenvalue weighted by atomic mass is 9.86. The van der Waals surface area contributed by atoms with E-state index in [1.165, 1.54) is 36.8 Å². The third kappa shape index (κ3) is 3.44. The molecule has 4 atom stereocenters. The third-order valence-corrected chi connectivity index (χ3v) is 6.41. The summed E-state index contributed by atoms with van der Waals surface area (Å²) in [6.45, 7) is 3.02. The summed E-state index contributed by atoms with van der Waals surface area (Å²) in [6.07, 6.45) is 5.74. The van der Waals surface area contributed by atoms with Gasteiger partial charge in [-0.05, 0) is 61.5 Å². The molecule has 4 unspecified atom stereocenters. The van der Waals surface area contributed by atoms with Gasteiger partial charge in [0.1, 0.15) is 0 Å². The van der Waals surface area contributed by atoms with E-state index in [1.807, 2.05) is 17.0 Å². The maximum absolute atomic E-state index is 12.7. The fourth-order valence-corrected chi connectivity index (χ4v) is 5.08. The van der Waals surface area contributed by atoms with Gasteiger partial charge >= 0.3 is 5.97 Å². The van der Waals surface area contributed by atoms with Crippen molar-refractivity contribution in [2.24, 2.45) is 17.8 Å². The van der Waals surface area contributed by atoms with E-state index in [1.54, 1.807) is 6.92 Å². The molecule has 4 rings (SSSR count). The molecule has 25 heavy (non-hydrogen) atoms. The zero-order valence-corrected chi connectivity index (χ0v) is 14.9. The predicted molar refractivity (Wildman–Crippen MR) is 94.7 cm³/mol. The minimum absolute atomic E-state index is 0.0733. The van der Waals surface area contributed by atoms with Crippen LogP contribution in [-0.4, -0.2) is 29.4 Å². The Bertz CT molecular complexity index is 671. The first-order valence-electron chi connectivity index (χ1n) is 9.65. The van der Waals surface area contributed by atoms with Crippen LogP contribution >= 0.6 is 0 Å². The van der Waals surface area contributed by atoms with Crippen LogP contribution < -0.4 is 0 Å². The van der Waals surface area contributed by atoms with E-state index < -0.39 is 6.10 Å². The topological polar surface area (TPSA) is 46.6 Å². The van der Waals surface area contributed by atoms with Gasteiger partial charge in [0.25, 0.3) is 5.91 Å². The molecule has 2 fully saturated rings. The summed E-state index contributed by atoms with van der Waals surface area (Å²) >= 11 is 0. The summed E-state index contributed by atoms with van der Waals surface area (Å²) in [7, 11) is 0. The fourth-order valence-electron chi connectivity index (χ4n) is 5.08. The summed E-state index contributed by atoms with van der Waals surface area (Å²) in [5.74, 6) is 1.75. The van der Waals surface area contributed by atoms with Crippen molar-refractivity contribution in [1.82, 2.24) is 4.90 Å². The highest BCUT2D eigenvalue weighted by atomic mass is 16.5. The molecule has 1 amide bonds. The molecule has 1 aromatic rings. The SMILES string of the molecule is CC(OC(=O)CC1CC2CCC1C2)C(=O)N1CCc2ccccc2C1. The number of hydrogen-bond acceptors (Lipinski definition) is 3. The number of benzene rings is 1. The van der Waals surface area contributed by atoms with Crippen molar-refractivity contribution in [3.63, 3.8) is 0 Å². The number of rotatable bonds is 4. The first-order valence-corrected chi connectivity index (χ1v) is 9.65. The van der Waals surface area contributed by atoms with Crippen LogP contribution in [0, 0.1) is 17.8 Å². The average molecular weight is 341 g/mol. The number of amides is 1. The second-order valence-corrected chi connectivity index (χ2v) is 8.05. The first-order chi connectivity index (χ1) is 12.1. The molecule has 1 heterocycles. The summed E-state index contributed by atoms with van der Waals surface area (Å²) < 4.78 is 5.49. The van der Waals surface area contributed by atoms with Gasteiger partial charge < -0.3 is 9.64 Å². The van der Waals surface area contributed by atoms with E-state index in [-0.39, 0.29) is 11.9 Å². The van der Waals surface area contributed by atoms with Crippen molar-refractivity contribution < 1.29 is 14.3 Å². The van der Waals surface area contributed by atoms with Crippen molar-refractivity contribution >= 4 is 11.9 Å². The lowest BCUT2D eigenvalue weighted by Gasteiger charge is -2.31. The quantitative estimate of drug-likeness (QED) is 0.789. The number of esters is 1. The average Bonchev–Trinajstić information content (AvgIpc) is 3.23. The molecule has 3 aliphatic rings. The Balaban J connectivity index is 1.29.